The summed E-state index contributed by atoms with van der Waals surface area (Å²) in [6.07, 6.45) is -1.81. The van der Waals surface area contributed by atoms with Gasteiger partial charge in [0.05, 0.1) is 18.8 Å². The zero-order valence-electron chi connectivity index (χ0n) is 26.9. The van der Waals surface area contributed by atoms with E-state index in [1.165, 1.54) is 41.2 Å². The molecule has 16 nitrogen and oxygen atoms in total. The number of benzene rings is 2. The molecule has 1 saturated carbocycles. The van der Waals surface area contributed by atoms with E-state index < -0.39 is 60.6 Å². The number of halogens is 4. The minimum absolute atomic E-state index is 0.0384. The van der Waals surface area contributed by atoms with Gasteiger partial charge in [0.25, 0.3) is 5.91 Å². The number of hydrogen-bond donors (Lipinski definition) is 5. The van der Waals surface area contributed by atoms with Crippen LogP contribution in [0.5, 0.6) is 6.01 Å². The molecule has 1 fully saturated rings. The van der Waals surface area contributed by atoms with Crippen molar-refractivity contribution in [1.29, 1.82) is 0 Å². The second-order valence-electron chi connectivity index (χ2n) is 11.1. The number of esters is 1. The highest BCUT2D eigenvalue weighted by Crippen LogP contribution is 2.48. The van der Waals surface area contributed by atoms with Gasteiger partial charge in [-0.1, -0.05) is 23.7 Å². The van der Waals surface area contributed by atoms with Crippen LogP contribution in [0.4, 0.5) is 36.6 Å². The van der Waals surface area contributed by atoms with Crippen LogP contribution in [0.15, 0.2) is 60.8 Å². The van der Waals surface area contributed by atoms with E-state index in [0.717, 1.165) is 12.7 Å². The summed E-state index contributed by atoms with van der Waals surface area (Å²) in [5, 5.41) is 17.5. The summed E-state index contributed by atoms with van der Waals surface area (Å²) in [7, 11) is 2.64. The number of anilines is 4. The van der Waals surface area contributed by atoms with Crippen LogP contribution in [0.25, 0.3) is 0 Å². The molecule has 4 aromatic rings. The van der Waals surface area contributed by atoms with Gasteiger partial charge in [0.2, 0.25) is 11.9 Å². The van der Waals surface area contributed by atoms with Crippen LogP contribution in [-0.2, 0) is 31.7 Å². The number of carbonyl (C=O) groups is 4. The third-order valence-electron chi connectivity index (χ3n) is 7.41. The fraction of sp³-hybridized carbons (Fsp3) is 0.290. The molecule has 0 bridgehead atoms. The van der Waals surface area contributed by atoms with Gasteiger partial charge in [-0.25, -0.2) is 4.79 Å². The van der Waals surface area contributed by atoms with Gasteiger partial charge in [0.15, 0.2) is 6.61 Å². The van der Waals surface area contributed by atoms with Crippen molar-refractivity contribution < 1.29 is 41.8 Å². The average Bonchev–Trinajstić information content (AvgIpc) is 3.77. The van der Waals surface area contributed by atoms with E-state index in [2.05, 4.69) is 46.6 Å². The summed E-state index contributed by atoms with van der Waals surface area (Å²) in [6.45, 7) is -2.10. The van der Waals surface area contributed by atoms with Gasteiger partial charge in [-0.05, 0) is 54.8 Å². The number of methoxy groups -OCH3 is 1. The second kappa shape index (κ2) is 15.3. The van der Waals surface area contributed by atoms with Crippen molar-refractivity contribution in [2.45, 2.75) is 30.6 Å². The molecule has 51 heavy (non-hydrogen) atoms. The predicted molar refractivity (Wildman–Crippen MR) is 175 cm³/mol. The number of carbonyl (C=O) groups excluding carboxylic acids is 4. The van der Waals surface area contributed by atoms with Gasteiger partial charge in [-0.2, -0.15) is 33.2 Å². The summed E-state index contributed by atoms with van der Waals surface area (Å²) < 4.78 is 49.6. The van der Waals surface area contributed by atoms with Crippen molar-refractivity contribution in [1.82, 2.24) is 35.4 Å². The van der Waals surface area contributed by atoms with Gasteiger partial charge in [-0.3, -0.25) is 19.1 Å². The molecule has 268 valence electrons. The molecule has 0 spiro atoms. The van der Waals surface area contributed by atoms with E-state index in [9.17, 15) is 32.3 Å². The van der Waals surface area contributed by atoms with Gasteiger partial charge in [-0.15, -0.1) is 0 Å². The molecule has 2 aromatic carbocycles. The Morgan fingerprint density at radius 1 is 0.961 bits per heavy atom. The van der Waals surface area contributed by atoms with Crippen molar-refractivity contribution in [3.63, 3.8) is 0 Å². The molecule has 1 aliphatic carbocycles. The number of ether oxygens (including phenoxy) is 2. The Balaban J connectivity index is 1.24. The Morgan fingerprint density at radius 2 is 1.65 bits per heavy atom. The summed E-state index contributed by atoms with van der Waals surface area (Å²) in [5.74, 6) is -3.64. The lowest BCUT2D eigenvalue weighted by atomic mass is 10.1. The monoisotopic (exact) mass is 730 g/mol. The smallest absolute Gasteiger partial charge is 0.422 e. The summed E-state index contributed by atoms with van der Waals surface area (Å²) in [4.78, 5) is 62.1. The molecule has 0 radical (unpaired) electrons. The van der Waals surface area contributed by atoms with Crippen LogP contribution in [0, 0.1) is 0 Å². The summed E-state index contributed by atoms with van der Waals surface area (Å²) >= 11 is 6.02. The maximum absolute atomic E-state index is 13.0. The largest absolute Gasteiger partial charge is 0.467 e. The molecule has 0 saturated heterocycles. The first-order valence-corrected chi connectivity index (χ1v) is 15.4. The fourth-order valence-corrected chi connectivity index (χ4v) is 4.75. The SMILES string of the molecule is COC(=O)[C@H](CNC(=O)C(=O)Nc1ccnn1C)NC(=O)c1ccc(Nc2nc(NC3(c4ccc(Cl)cc4)CC3)nc(OCC(F)(F)F)n2)cc1. The lowest BCUT2D eigenvalue weighted by Crippen LogP contribution is -2.50. The van der Waals surface area contributed by atoms with Gasteiger partial charge >= 0.3 is 30.0 Å². The molecule has 5 rings (SSSR count). The van der Waals surface area contributed by atoms with E-state index in [4.69, 9.17) is 21.1 Å². The Labute approximate surface area is 292 Å². The molecule has 20 heteroatoms. The highest BCUT2D eigenvalue weighted by Gasteiger charge is 2.45. The standard InChI is InChI=1S/C31H30ClF3N10O6/c1-45-22(11-14-37-45)40-25(48)24(47)36-15-21(26(49)50-2)39-23(46)17-3-9-20(10-4-17)38-27-41-28(43-29(42-27)51-16-31(33,34)35)44-30(12-13-30)18-5-7-19(32)8-6-18/h3-11,14,21H,12-13,15-16H2,1-2H3,(H,36,47)(H,39,46)(H,40,48)(H2,38,41,42,43,44)/t21-/m0/s1. The zero-order valence-corrected chi connectivity index (χ0v) is 27.6. The maximum Gasteiger partial charge on any atom is 0.422 e. The molecule has 2 aromatic heterocycles. The second-order valence-corrected chi connectivity index (χ2v) is 11.6. The first kappa shape index (κ1) is 36.3. The minimum atomic E-state index is -4.64. The Hall–Kier alpha value is -5.98. The predicted octanol–water partition coefficient (Wildman–Crippen LogP) is 3.07. The van der Waals surface area contributed by atoms with Crippen molar-refractivity contribution in [3.8, 4) is 6.01 Å². The van der Waals surface area contributed by atoms with E-state index in [1.54, 1.807) is 19.2 Å². The number of rotatable bonds is 13. The lowest BCUT2D eigenvalue weighted by Gasteiger charge is -2.19. The van der Waals surface area contributed by atoms with Crippen LogP contribution in [0.2, 0.25) is 5.02 Å². The number of hydrogen-bond acceptors (Lipinski definition) is 12. The third-order valence-corrected chi connectivity index (χ3v) is 7.66. The zero-order chi connectivity index (χ0) is 36.8. The number of alkyl halides is 3. The first-order chi connectivity index (χ1) is 24.2. The minimum Gasteiger partial charge on any atom is -0.467 e. The fourth-order valence-electron chi connectivity index (χ4n) is 4.63. The van der Waals surface area contributed by atoms with Gasteiger partial charge in [0.1, 0.15) is 11.9 Å². The van der Waals surface area contributed by atoms with Crippen molar-refractivity contribution in [2.24, 2.45) is 7.05 Å². The highest BCUT2D eigenvalue weighted by atomic mass is 35.5. The number of aromatic nitrogens is 5. The Morgan fingerprint density at radius 3 is 2.25 bits per heavy atom. The molecule has 0 unspecified atom stereocenters. The molecule has 3 amide bonds. The third kappa shape index (κ3) is 9.81. The molecule has 1 aliphatic rings. The molecular formula is C31H30ClF3N10O6. The van der Waals surface area contributed by atoms with E-state index in [0.29, 0.717) is 23.6 Å². The number of nitrogens with zero attached hydrogens (tertiary/aromatic N) is 5. The van der Waals surface area contributed by atoms with Crippen LogP contribution >= 0.6 is 11.6 Å². The highest BCUT2D eigenvalue weighted by molar-refractivity contribution is 6.39. The van der Waals surface area contributed by atoms with Gasteiger partial charge in [0, 0.05) is 35.9 Å². The van der Waals surface area contributed by atoms with Crippen LogP contribution < -0.4 is 31.3 Å². The average molecular weight is 731 g/mol. The molecule has 0 aliphatic heterocycles. The van der Waals surface area contributed by atoms with Crippen molar-refractivity contribution in [3.05, 3.63) is 76.9 Å². The van der Waals surface area contributed by atoms with Crippen LogP contribution in [0.1, 0.15) is 28.8 Å². The Bertz CT molecular complexity index is 1900. The Kier molecular flexibility index (Phi) is 10.9. The molecular weight excluding hydrogens is 701 g/mol. The van der Waals surface area contributed by atoms with E-state index in [1.807, 2.05) is 12.1 Å². The summed E-state index contributed by atoms with van der Waals surface area (Å²) in [5.41, 5.74) is 0.744. The quantitative estimate of drug-likeness (QED) is 0.0995. The lowest BCUT2D eigenvalue weighted by molar-refractivity contribution is -0.154. The van der Waals surface area contributed by atoms with E-state index in [-0.39, 0.29) is 23.3 Å². The molecule has 2 heterocycles. The summed E-state index contributed by atoms with van der Waals surface area (Å²) in [6, 6.07) is 12.3. The van der Waals surface area contributed by atoms with E-state index >= 15 is 0 Å². The number of amides is 3. The number of aryl methyl sites for hydroxylation is 1. The van der Waals surface area contributed by atoms with Crippen LogP contribution in [0.3, 0.4) is 0 Å². The maximum atomic E-state index is 13.0. The van der Waals surface area contributed by atoms with Crippen LogP contribution in [-0.4, -0.2) is 80.9 Å². The molecule has 5 N–H and O–H groups in total. The normalized spacial score (nSPS) is 13.7. The van der Waals surface area contributed by atoms with Crippen molar-refractivity contribution >= 4 is 58.7 Å². The number of nitrogens with one attached hydrogen (secondary N) is 5. The molecule has 1 atom stereocenters. The first-order valence-electron chi connectivity index (χ1n) is 15.1. The van der Waals surface area contributed by atoms with Crippen molar-refractivity contribution in [2.75, 3.05) is 36.2 Å². The topological polar surface area (TPSA) is 203 Å². The van der Waals surface area contributed by atoms with Gasteiger partial charge < -0.3 is 36.1 Å².